The van der Waals surface area contributed by atoms with Gasteiger partial charge in [0, 0.05) is 6.61 Å². The maximum Gasteiger partial charge on any atom is 1.00 e. The fraction of sp³-hybridized carbons (Fsp3) is 0.917. The summed E-state index contributed by atoms with van der Waals surface area (Å²) in [5, 5.41) is 0.347. The van der Waals surface area contributed by atoms with Crippen LogP contribution in [0.25, 0.3) is 0 Å². The fourth-order valence-electron chi connectivity index (χ4n) is 0.999. The molecule has 86 valence electrons. The van der Waals surface area contributed by atoms with Gasteiger partial charge in [0.1, 0.15) is 0 Å². The molecule has 0 aromatic heterocycles. The van der Waals surface area contributed by atoms with Crippen molar-refractivity contribution >= 4 is 8.32 Å². The third-order valence-electron chi connectivity index (χ3n) is 3.16. The molecule has 0 aliphatic carbocycles. The van der Waals surface area contributed by atoms with E-state index in [4.69, 9.17) is 4.43 Å². The van der Waals surface area contributed by atoms with Crippen molar-refractivity contribution in [1.82, 2.24) is 0 Å². The first-order valence-corrected chi connectivity index (χ1v) is 8.65. The molecule has 0 fully saturated rings. The van der Waals surface area contributed by atoms with Crippen LogP contribution in [0.3, 0.4) is 0 Å². The Kier molecular flexibility index (Phi) is 9.62. The predicted octanol–water partition coefficient (Wildman–Crippen LogP) is 1.41. The molecule has 0 spiro atoms. The van der Waals surface area contributed by atoms with Gasteiger partial charge in [0.25, 0.3) is 0 Å². The van der Waals surface area contributed by atoms with Gasteiger partial charge in [-0.3, -0.25) is 0 Å². The average molecular weight is 222 g/mol. The molecule has 0 amide bonds. The van der Waals surface area contributed by atoms with E-state index >= 15 is 0 Å². The van der Waals surface area contributed by atoms with Crippen molar-refractivity contribution in [2.45, 2.75) is 64.6 Å². The average Bonchev–Trinajstić information content (AvgIpc) is 2.02. The van der Waals surface area contributed by atoms with Crippen LogP contribution in [-0.2, 0) is 4.43 Å². The molecule has 0 unspecified atom stereocenters. The second-order valence-electron chi connectivity index (χ2n) is 5.52. The molecule has 0 saturated heterocycles. The van der Waals surface area contributed by atoms with Crippen molar-refractivity contribution in [1.29, 1.82) is 0 Å². The van der Waals surface area contributed by atoms with Crippen LogP contribution >= 0.6 is 0 Å². The molecule has 0 bridgehead atoms. The summed E-state index contributed by atoms with van der Waals surface area (Å²) in [5.41, 5.74) is 0. The molecule has 15 heavy (non-hydrogen) atoms. The van der Waals surface area contributed by atoms with Gasteiger partial charge in [0.2, 0.25) is 0 Å². The number of unbranched alkanes of at least 4 members (excludes halogenated alkanes) is 3. The van der Waals surface area contributed by atoms with Crippen LogP contribution in [-0.4, -0.2) is 14.9 Å². The molecule has 0 N–H and O–H groups in total. The van der Waals surface area contributed by atoms with Crippen molar-refractivity contribution in [3.8, 4) is 0 Å². The number of hydrogen-bond acceptors (Lipinski definition) is 1. The Balaban J connectivity index is 0. The van der Waals surface area contributed by atoms with Gasteiger partial charge < -0.3 is 11.3 Å². The zero-order chi connectivity index (χ0) is 11.2. The summed E-state index contributed by atoms with van der Waals surface area (Å²) in [7, 11) is -1.48. The second kappa shape index (κ2) is 7.95. The van der Waals surface area contributed by atoms with E-state index in [9.17, 15) is 0 Å². The molecule has 0 saturated carbocycles. The van der Waals surface area contributed by atoms with Gasteiger partial charge in [-0.1, -0.05) is 33.6 Å². The molecule has 0 aromatic carbocycles. The molecule has 0 radical (unpaired) electrons. The van der Waals surface area contributed by atoms with E-state index in [0.717, 1.165) is 13.0 Å². The molecule has 0 atom stereocenters. The Morgan fingerprint density at radius 1 is 1.07 bits per heavy atom. The van der Waals surface area contributed by atoms with Gasteiger partial charge in [0.05, 0.1) is 0 Å². The Hall–Kier alpha value is 0.774. The van der Waals surface area contributed by atoms with Crippen molar-refractivity contribution in [2.75, 3.05) is 6.61 Å². The van der Waals surface area contributed by atoms with Gasteiger partial charge in [0.15, 0.2) is 8.32 Å². The van der Waals surface area contributed by atoms with Crippen molar-refractivity contribution in [2.24, 2.45) is 0 Å². The Bertz CT molecular complexity index is 152. The second-order valence-corrected chi connectivity index (χ2v) is 10.3. The van der Waals surface area contributed by atoms with E-state index in [1.165, 1.54) is 19.3 Å². The smallest absolute Gasteiger partial charge is 0.417 e. The van der Waals surface area contributed by atoms with E-state index < -0.39 is 8.32 Å². The molecule has 0 aromatic rings. The Morgan fingerprint density at radius 3 is 2.00 bits per heavy atom. The molecular weight excluding hydrogens is 195 g/mol. The minimum absolute atomic E-state index is 0. The summed E-state index contributed by atoms with van der Waals surface area (Å²) < 4.78 is 6.06. The van der Waals surface area contributed by atoms with E-state index in [2.05, 4.69) is 40.8 Å². The first-order valence-electron chi connectivity index (χ1n) is 5.74. The fourth-order valence-corrected chi connectivity index (χ4v) is 2.09. The van der Waals surface area contributed by atoms with E-state index in [0.29, 0.717) is 5.04 Å². The Labute approximate surface area is 110 Å². The molecule has 0 aliphatic rings. The zero-order valence-electron chi connectivity index (χ0n) is 11.7. The van der Waals surface area contributed by atoms with Crippen LogP contribution in [0.15, 0.2) is 0 Å². The molecule has 0 heterocycles. The van der Waals surface area contributed by atoms with Gasteiger partial charge in [-0.05, 0) is 24.6 Å². The molecule has 1 nitrogen and oxygen atoms in total. The quantitative estimate of drug-likeness (QED) is 0.375. The van der Waals surface area contributed by atoms with E-state index in [-0.39, 0.29) is 18.9 Å². The minimum atomic E-state index is -1.48. The molecule has 0 aliphatic heterocycles. The normalized spacial score (nSPS) is 12.4. The largest absolute Gasteiger partial charge is 1.00 e. The standard InChI is InChI=1S/C12H27OSi.Li/c1-7-8-9-10-11-13-14(5,6)12(2,3)4;/h1,7-11H2,2-6H3;/q-1;+1. The van der Waals surface area contributed by atoms with Gasteiger partial charge in [-0.2, -0.15) is 6.42 Å². The minimum Gasteiger partial charge on any atom is -0.417 e. The number of rotatable bonds is 6. The number of hydrogen-bond donors (Lipinski definition) is 0. The summed E-state index contributed by atoms with van der Waals surface area (Å²) in [6, 6.07) is 0. The zero-order valence-corrected chi connectivity index (χ0v) is 12.7. The molecule has 3 heteroatoms. The van der Waals surface area contributed by atoms with Gasteiger partial charge in [-0.25, -0.2) is 0 Å². The maximum atomic E-state index is 6.06. The van der Waals surface area contributed by atoms with Crippen LogP contribution in [0.4, 0.5) is 0 Å². The van der Waals surface area contributed by atoms with Crippen LogP contribution in [0.5, 0.6) is 0 Å². The van der Waals surface area contributed by atoms with Crippen LogP contribution < -0.4 is 18.9 Å². The van der Waals surface area contributed by atoms with Crippen LogP contribution in [0.1, 0.15) is 46.5 Å². The summed E-state index contributed by atoms with van der Waals surface area (Å²) in [6.45, 7) is 16.3. The first-order chi connectivity index (χ1) is 6.31. The van der Waals surface area contributed by atoms with Crippen molar-refractivity contribution in [3.63, 3.8) is 0 Å². The predicted molar refractivity (Wildman–Crippen MR) is 67.0 cm³/mol. The topological polar surface area (TPSA) is 9.23 Å². The van der Waals surface area contributed by atoms with E-state index in [1.54, 1.807) is 0 Å². The van der Waals surface area contributed by atoms with Gasteiger partial charge >= 0.3 is 18.9 Å². The summed E-state index contributed by atoms with van der Waals surface area (Å²) in [4.78, 5) is 0. The third-order valence-corrected chi connectivity index (χ3v) is 7.70. The van der Waals surface area contributed by atoms with Crippen molar-refractivity contribution in [3.05, 3.63) is 6.92 Å². The summed E-state index contributed by atoms with van der Waals surface area (Å²) in [5.74, 6) is 0. The maximum absolute atomic E-state index is 6.06. The third kappa shape index (κ3) is 7.63. The summed E-state index contributed by atoms with van der Waals surface area (Å²) >= 11 is 0. The molecular formula is C12H27LiOSi. The Morgan fingerprint density at radius 2 is 1.60 bits per heavy atom. The summed E-state index contributed by atoms with van der Waals surface area (Å²) in [6.07, 6.45) is 4.75. The van der Waals surface area contributed by atoms with Crippen molar-refractivity contribution < 1.29 is 23.3 Å². The first kappa shape index (κ1) is 18.1. The van der Waals surface area contributed by atoms with Crippen LogP contribution in [0, 0.1) is 6.92 Å². The van der Waals surface area contributed by atoms with Gasteiger partial charge in [-0.15, -0.1) is 0 Å². The SMILES string of the molecule is [CH2-]CCCCCO[Si](C)(C)C(C)(C)C.[Li+]. The monoisotopic (exact) mass is 222 g/mol. The molecule has 0 rings (SSSR count). The van der Waals surface area contributed by atoms with E-state index in [1.807, 2.05) is 0 Å². The van der Waals surface area contributed by atoms with Crippen LogP contribution in [0.2, 0.25) is 18.1 Å².